The van der Waals surface area contributed by atoms with E-state index in [4.69, 9.17) is 14.2 Å². The highest BCUT2D eigenvalue weighted by atomic mass is 16.6. The lowest BCUT2D eigenvalue weighted by molar-refractivity contribution is -0.167. The summed E-state index contributed by atoms with van der Waals surface area (Å²) < 4.78 is 16.6. The van der Waals surface area contributed by atoms with Crippen LogP contribution in [0.3, 0.4) is 0 Å². The Labute approximate surface area is 291 Å². The van der Waals surface area contributed by atoms with E-state index in [1.165, 1.54) is 103 Å². The largest absolute Gasteiger partial charge is 0.462 e. The number of carbonyl (C=O) groups excluding carboxylic acids is 3. The Bertz CT molecular complexity index is 721. The molecule has 0 saturated carbocycles. The van der Waals surface area contributed by atoms with Crippen molar-refractivity contribution in [3.63, 3.8) is 0 Å². The Morgan fingerprint density at radius 3 is 1.21 bits per heavy atom. The molecule has 0 bridgehead atoms. The molecule has 0 aromatic heterocycles. The number of hydrogen-bond acceptors (Lipinski definition) is 6. The Balaban J connectivity index is 4.33. The second kappa shape index (κ2) is 34.3. The summed E-state index contributed by atoms with van der Waals surface area (Å²) in [6, 6.07) is 0. The van der Waals surface area contributed by atoms with Crippen LogP contribution in [0, 0.1) is 11.8 Å². The summed E-state index contributed by atoms with van der Waals surface area (Å²) in [5.74, 6) is 0.744. The van der Waals surface area contributed by atoms with Gasteiger partial charge in [-0.3, -0.25) is 14.4 Å². The van der Waals surface area contributed by atoms with Crippen molar-refractivity contribution in [3.8, 4) is 0 Å². The topological polar surface area (TPSA) is 78.9 Å². The third-order valence-corrected chi connectivity index (χ3v) is 9.33. The van der Waals surface area contributed by atoms with Crippen LogP contribution in [0.5, 0.6) is 0 Å². The first kappa shape index (κ1) is 45.4. The molecule has 2 atom stereocenters. The van der Waals surface area contributed by atoms with Gasteiger partial charge in [0.1, 0.15) is 13.2 Å². The molecule has 0 saturated heterocycles. The van der Waals surface area contributed by atoms with Gasteiger partial charge in [0.25, 0.3) is 0 Å². The van der Waals surface area contributed by atoms with E-state index >= 15 is 0 Å². The monoisotopic (exact) mass is 667 g/mol. The molecule has 0 aliphatic rings. The molecule has 0 aromatic carbocycles. The minimum atomic E-state index is -0.759. The van der Waals surface area contributed by atoms with Gasteiger partial charge in [-0.1, -0.05) is 176 Å². The minimum absolute atomic E-state index is 0.0672. The van der Waals surface area contributed by atoms with Crippen LogP contribution in [0.4, 0.5) is 0 Å². The van der Waals surface area contributed by atoms with E-state index in [1.54, 1.807) is 0 Å². The number of hydrogen-bond donors (Lipinski definition) is 0. The maximum Gasteiger partial charge on any atom is 0.306 e. The van der Waals surface area contributed by atoms with Crippen LogP contribution in [0.15, 0.2) is 0 Å². The summed E-state index contributed by atoms with van der Waals surface area (Å²) in [5, 5.41) is 0. The second-order valence-corrected chi connectivity index (χ2v) is 14.6. The quantitative estimate of drug-likeness (QED) is 0.0380. The molecule has 0 N–H and O–H groups in total. The van der Waals surface area contributed by atoms with Crippen molar-refractivity contribution in [1.29, 1.82) is 0 Å². The summed E-state index contributed by atoms with van der Waals surface area (Å²) in [6.07, 6.45) is 29.6. The molecule has 0 spiro atoms. The van der Waals surface area contributed by atoms with E-state index in [9.17, 15) is 14.4 Å². The van der Waals surface area contributed by atoms with Gasteiger partial charge in [0.2, 0.25) is 0 Å². The van der Waals surface area contributed by atoms with Crippen LogP contribution in [0.25, 0.3) is 0 Å². The average molecular weight is 667 g/mol. The highest BCUT2D eigenvalue weighted by Crippen LogP contribution is 2.16. The number of esters is 3. The Morgan fingerprint density at radius 2 is 0.809 bits per heavy atom. The molecule has 47 heavy (non-hydrogen) atoms. The molecule has 0 fully saturated rings. The summed E-state index contributed by atoms with van der Waals surface area (Å²) >= 11 is 0. The summed E-state index contributed by atoms with van der Waals surface area (Å²) in [6.45, 7) is 11.2. The zero-order valence-electron chi connectivity index (χ0n) is 31.9. The van der Waals surface area contributed by atoms with Gasteiger partial charge in [-0.05, 0) is 31.1 Å². The fourth-order valence-corrected chi connectivity index (χ4v) is 5.84. The first-order valence-corrected chi connectivity index (χ1v) is 20.3. The van der Waals surface area contributed by atoms with Gasteiger partial charge in [0.15, 0.2) is 6.10 Å². The molecule has 0 heterocycles. The first-order valence-electron chi connectivity index (χ1n) is 20.3. The average Bonchev–Trinajstić information content (AvgIpc) is 3.05. The number of unbranched alkanes of at least 4 members (excludes halogenated alkanes) is 19. The van der Waals surface area contributed by atoms with E-state index in [0.29, 0.717) is 19.3 Å². The second-order valence-electron chi connectivity index (χ2n) is 14.6. The molecule has 0 aliphatic heterocycles. The summed E-state index contributed by atoms with van der Waals surface area (Å²) in [7, 11) is 0. The lowest BCUT2D eigenvalue weighted by atomic mass is 10.00. The van der Waals surface area contributed by atoms with Crippen LogP contribution in [0.1, 0.15) is 214 Å². The highest BCUT2D eigenvalue weighted by molar-refractivity contribution is 5.71. The normalized spacial score (nSPS) is 12.6. The van der Waals surface area contributed by atoms with Crippen molar-refractivity contribution in [3.05, 3.63) is 0 Å². The molecular formula is C41H78O6. The first-order chi connectivity index (χ1) is 22.8. The minimum Gasteiger partial charge on any atom is -0.462 e. The maximum absolute atomic E-state index is 12.6. The van der Waals surface area contributed by atoms with E-state index in [1.807, 2.05) is 0 Å². The van der Waals surface area contributed by atoms with Crippen molar-refractivity contribution in [2.45, 2.75) is 221 Å². The zero-order valence-corrected chi connectivity index (χ0v) is 31.9. The van der Waals surface area contributed by atoms with Crippen molar-refractivity contribution in [2.24, 2.45) is 11.8 Å². The van der Waals surface area contributed by atoms with Crippen LogP contribution in [0.2, 0.25) is 0 Å². The van der Waals surface area contributed by atoms with Gasteiger partial charge < -0.3 is 14.2 Å². The van der Waals surface area contributed by atoms with Crippen LogP contribution < -0.4 is 0 Å². The predicted molar refractivity (Wildman–Crippen MR) is 196 cm³/mol. The molecule has 6 nitrogen and oxygen atoms in total. The van der Waals surface area contributed by atoms with Gasteiger partial charge in [-0.2, -0.15) is 0 Å². The standard InChI is InChI=1S/C41H78O6/c1-6-8-9-10-14-21-26-31-39(42)45-34-38(47-41(44)33-28-23-18-17-20-25-30-37(5)7-2)35-46-40(43)32-27-22-16-13-11-12-15-19-24-29-36(3)4/h36-38H,6-35H2,1-5H3/t37?,38-/m0/s1. The Kier molecular flexibility index (Phi) is 33.1. The van der Waals surface area contributed by atoms with Gasteiger partial charge in [0, 0.05) is 19.3 Å². The van der Waals surface area contributed by atoms with E-state index < -0.39 is 6.10 Å². The Hall–Kier alpha value is -1.59. The fraction of sp³-hybridized carbons (Fsp3) is 0.927. The molecule has 6 heteroatoms. The van der Waals surface area contributed by atoms with Gasteiger partial charge >= 0.3 is 17.9 Å². The molecule has 278 valence electrons. The predicted octanol–water partition coefficient (Wildman–Crippen LogP) is 12.2. The van der Waals surface area contributed by atoms with Gasteiger partial charge in [0.05, 0.1) is 0 Å². The van der Waals surface area contributed by atoms with E-state index in [0.717, 1.165) is 69.6 Å². The lowest BCUT2D eigenvalue weighted by Crippen LogP contribution is -2.30. The molecule has 0 aromatic rings. The van der Waals surface area contributed by atoms with Crippen molar-refractivity contribution < 1.29 is 28.6 Å². The highest BCUT2D eigenvalue weighted by Gasteiger charge is 2.19. The molecule has 0 radical (unpaired) electrons. The zero-order chi connectivity index (χ0) is 34.8. The van der Waals surface area contributed by atoms with Crippen molar-refractivity contribution >= 4 is 17.9 Å². The SMILES string of the molecule is CCCCCCCCCC(=O)OC[C@@H](COC(=O)CCCCCCCCCCCC(C)C)OC(=O)CCCCCCCCC(C)CC. The van der Waals surface area contributed by atoms with Gasteiger partial charge in [-0.15, -0.1) is 0 Å². The number of carbonyl (C=O) groups is 3. The smallest absolute Gasteiger partial charge is 0.306 e. The van der Waals surface area contributed by atoms with E-state index in [2.05, 4.69) is 34.6 Å². The lowest BCUT2D eigenvalue weighted by Gasteiger charge is -2.18. The van der Waals surface area contributed by atoms with Crippen LogP contribution >= 0.6 is 0 Å². The molecular weight excluding hydrogens is 588 g/mol. The molecule has 0 aliphatic carbocycles. The number of ether oxygens (including phenoxy) is 3. The Morgan fingerprint density at radius 1 is 0.447 bits per heavy atom. The molecule has 0 rings (SSSR count). The number of rotatable bonds is 35. The molecule has 1 unspecified atom stereocenters. The van der Waals surface area contributed by atoms with Crippen LogP contribution in [-0.4, -0.2) is 37.2 Å². The summed E-state index contributed by atoms with van der Waals surface area (Å²) in [4.78, 5) is 37.4. The van der Waals surface area contributed by atoms with Crippen molar-refractivity contribution in [1.82, 2.24) is 0 Å². The third-order valence-electron chi connectivity index (χ3n) is 9.33. The summed E-state index contributed by atoms with van der Waals surface area (Å²) in [5.41, 5.74) is 0. The fourth-order valence-electron chi connectivity index (χ4n) is 5.84. The maximum atomic E-state index is 12.6. The van der Waals surface area contributed by atoms with Crippen molar-refractivity contribution in [2.75, 3.05) is 13.2 Å². The van der Waals surface area contributed by atoms with Gasteiger partial charge in [-0.25, -0.2) is 0 Å². The van der Waals surface area contributed by atoms with Crippen LogP contribution in [-0.2, 0) is 28.6 Å². The van der Waals surface area contributed by atoms with E-state index in [-0.39, 0.29) is 31.1 Å². The third kappa shape index (κ3) is 34.1. The molecule has 0 amide bonds.